The number of nitrogens with two attached hydrogens (primary N) is 1. The van der Waals surface area contributed by atoms with Crippen molar-refractivity contribution < 1.29 is 28.6 Å². The zero-order valence-corrected chi connectivity index (χ0v) is 35.1. The zero-order chi connectivity index (χ0) is 42.3. The summed E-state index contributed by atoms with van der Waals surface area (Å²) in [5.74, 6) is 1.62. The van der Waals surface area contributed by atoms with Gasteiger partial charge in [0.05, 0.1) is 47.3 Å². The van der Waals surface area contributed by atoms with Crippen molar-refractivity contribution in [2.24, 2.45) is 17.6 Å². The SMILES string of the molecule is COC(=O)N[C@H](C(=O)N1CCC[C@H]1c1nc2ccc(-c3ccc4cc(-c5ccc6nc([C@@H]7CCCN7C(=O)[C@@H](N)C7CCOCC7)[nH]c6c5)ccc4c3)cc2[nH]1)C1CCOCC1. The molecule has 4 aliphatic rings. The van der Waals surface area contributed by atoms with E-state index in [2.05, 4.69) is 82.0 Å². The summed E-state index contributed by atoms with van der Waals surface area (Å²) in [7, 11) is 1.32. The number of fused-ring (bicyclic) bond motifs is 3. The van der Waals surface area contributed by atoms with Crippen molar-refractivity contribution in [1.82, 2.24) is 35.1 Å². The van der Waals surface area contributed by atoms with Gasteiger partial charge in [0.1, 0.15) is 17.7 Å². The van der Waals surface area contributed by atoms with Crippen LogP contribution in [-0.2, 0) is 23.8 Å². The second kappa shape index (κ2) is 17.1. The quantitative estimate of drug-likeness (QED) is 0.118. The number of rotatable bonds is 9. The first kappa shape index (κ1) is 40.3. The summed E-state index contributed by atoms with van der Waals surface area (Å²) in [6, 6.07) is 24.1. The number of likely N-dealkylation sites (tertiary alicyclic amines) is 2. The van der Waals surface area contributed by atoms with Crippen LogP contribution in [0.1, 0.15) is 75.1 Å². The third-order valence-electron chi connectivity index (χ3n) is 13.7. The molecule has 4 fully saturated rings. The lowest BCUT2D eigenvalue weighted by molar-refractivity contribution is -0.137. The third kappa shape index (κ3) is 7.79. The number of hydrogen-bond acceptors (Lipinski definition) is 9. The van der Waals surface area contributed by atoms with Crippen LogP contribution in [0.3, 0.4) is 0 Å². The molecule has 5 N–H and O–H groups in total. The summed E-state index contributed by atoms with van der Waals surface area (Å²) in [6.07, 6.45) is 5.87. The van der Waals surface area contributed by atoms with Gasteiger partial charge in [-0.05, 0) is 133 Å². The van der Waals surface area contributed by atoms with Crippen LogP contribution in [0.15, 0.2) is 72.8 Å². The monoisotopic (exact) mass is 838 g/mol. The smallest absolute Gasteiger partial charge is 0.407 e. The van der Waals surface area contributed by atoms with Crippen molar-refractivity contribution in [3.8, 4) is 22.3 Å². The molecule has 0 saturated carbocycles. The van der Waals surface area contributed by atoms with Gasteiger partial charge in [-0.2, -0.15) is 0 Å². The van der Waals surface area contributed by atoms with Gasteiger partial charge in [0.25, 0.3) is 0 Å². The fraction of sp³-hybridized carbons (Fsp3) is 0.438. The zero-order valence-electron chi connectivity index (χ0n) is 35.1. The van der Waals surface area contributed by atoms with E-state index in [1.54, 1.807) is 0 Å². The maximum absolute atomic E-state index is 14.1. The van der Waals surface area contributed by atoms with Gasteiger partial charge in [-0.25, -0.2) is 14.8 Å². The summed E-state index contributed by atoms with van der Waals surface area (Å²) >= 11 is 0. The van der Waals surface area contributed by atoms with Crippen LogP contribution >= 0.6 is 0 Å². The molecule has 4 saturated heterocycles. The lowest BCUT2D eigenvalue weighted by Gasteiger charge is -2.34. The average molecular weight is 839 g/mol. The Kier molecular flexibility index (Phi) is 11.1. The van der Waals surface area contributed by atoms with E-state index in [9.17, 15) is 14.4 Å². The van der Waals surface area contributed by atoms with Crippen molar-refractivity contribution >= 4 is 50.7 Å². The van der Waals surface area contributed by atoms with Gasteiger partial charge < -0.3 is 45.0 Å². The number of carbonyl (C=O) groups excluding carboxylic acids is 3. The Morgan fingerprint density at radius 2 is 1.13 bits per heavy atom. The van der Waals surface area contributed by atoms with E-state index < -0.39 is 18.2 Å². The van der Waals surface area contributed by atoms with Gasteiger partial charge >= 0.3 is 6.09 Å². The van der Waals surface area contributed by atoms with Gasteiger partial charge in [0, 0.05) is 39.5 Å². The molecule has 4 atom stereocenters. The Morgan fingerprint density at radius 1 is 0.661 bits per heavy atom. The van der Waals surface area contributed by atoms with Crippen molar-refractivity contribution in [1.29, 1.82) is 0 Å². The Labute approximate surface area is 359 Å². The number of aromatic nitrogens is 4. The number of aromatic amines is 2. The molecule has 62 heavy (non-hydrogen) atoms. The van der Waals surface area contributed by atoms with Crippen LogP contribution in [0.4, 0.5) is 4.79 Å². The van der Waals surface area contributed by atoms with E-state index in [1.807, 2.05) is 15.9 Å². The number of H-pyrrole nitrogens is 2. The molecule has 4 aromatic carbocycles. The number of hydrogen-bond donors (Lipinski definition) is 4. The highest BCUT2D eigenvalue weighted by Gasteiger charge is 2.41. The number of nitrogens with one attached hydrogen (secondary N) is 3. The molecule has 10 rings (SSSR count). The topological polar surface area (TPSA) is 181 Å². The van der Waals surface area contributed by atoms with E-state index in [1.165, 1.54) is 7.11 Å². The number of ether oxygens (including phenoxy) is 3. The molecule has 0 spiro atoms. The largest absolute Gasteiger partial charge is 0.453 e. The van der Waals surface area contributed by atoms with Crippen LogP contribution < -0.4 is 11.1 Å². The molecule has 2 aromatic heterocycles. The minimum absolute atomic E-state index is 0.0178. The van der Waals surface area contributed by atoms with Gasteiger partial charge in [-0.15, -0.1) is 0 Å². The Hall–Kier alpha value is -5.83. The molecule has 14 heteroatoms. The van der Waals surface area contributed by atoms with E-state index in [-0.39, 0.29) is 35.7 Å². The van der Waals surface area contributed by atoms with Gasteiger partial charge in [0.2, 0.25) is 11.8 Å². The molecule has 0 unspecified atom stereocenters. The van der Waals surface area contributed by atoms with Crippen LogP contribution in [0.5, 0.6) is 0 Å². The third-order valence-corrected chi connectivity index (χ3v) is 13.7. The minimum atomic E-state index is -0.680. The van der Waals surface area contributed by atoms with E-state index in [4.69, 9.17) is 29.9 Å². The summed E-state index contributed by atoms with van der Waals surface area (Å²) in [5, 5.41) is 5.10. The number of imidazole rings is 2. The molecule has 3 amide bonds. The fourth-order valence-electron chi connectivity index (χ4n) is 10.2. The summed E-state index contributed by atoms with van der Waals surface area (Å²) < 4.78 is 15.9. The fourth-order valence-corrected chi connectivity index (χ4v) is 10.2. The van der Waals surface area contributed by atoms with E-state index in [0.717, 1.165) is 105 Å². The molecule has 322 valence electrons. The number of carbonyl (C=O) groups is 3. The predicted octanol–water partition coefficient (Wildman–Crippen LogP) is 7.16. The molecule has 14 nitrogen and oxygen atoms in total. The van der Waals surface area contributed by atoms with Gasteiger partial charge in [-0.3, -0.25) is 9.59 Å². The maximum atomic E-state index is 14.1. The lowest BCUT2D eigenvalue weighted by atomic mass is 9.90. The maximum Gasteiger partial charge on any atom is 0.407 e. The molecule has 6 heterocycles. The van der Waals surface area contributed by atoms with Gasteiger partial charge in [-0.1, -0.05) is 36.4 Å². The van der Waals surface area contributed by atoms with Gasteiger partial charge in [0.15, 0.2) is 0 Å². The Bertz CT molecular complexity index is 2630. The average Bonchev–Trinajstić information content (AvgIpc) is 4.16. The number of benzene rings is 4. The van der Waals surface area contributed by atoms with Crippen molar-refractivity contribution in [2.45, 2.75) is 75.5 Å². The molecular formula is C48H54N8O6. The standard InChI is InChI=1S/C48H54N8O6/c1-60-48(59)54-43(29-16-22-62-23-17-29)47(58)56-19-3-5-41(56)45-51-37-13-11-35(27-39(37)53-45)33-9-7-30-24-32(8-6-31(30)25-33)34-10-12-36-38(26-34)52-44(50-36)40-4-2-18-55(40)46(57)42(49)28-14-20-61-21-15-28/h6-13,24-29,40-43H,2-5,14-23,49H2,1H3,(H,50,52)(H,51,53)(H,54,59)/t40-,41-,42-,43-/m0/s1. The van der Waals surface area contributed by atoms with Crippen LogP contribution in [-0.4, -0.2) is 106 Å². The second-order valence-electron chi connectivity index (χ2n) is 17.4. The highest BCUT2D eigenvalue weighted by Crippen LogP contribution is 2.37. The lowest BCUT2D eigenvalue weighted by Crippen LogP contribution is -2.53. The van der Waals surface area contributed by atoms with Crippen molar-refractivity contribution in [3.63, 3.8) is 0 Å². The first-order valence-corrected chi connectivity index (χ1v) is 22.2. The molecule has 0 bridgehead atoms. The molecule has 0 radical (unpaired) electrons. The molecular weight excluding hydrogens is 785 g/mol. The predicted molar refractivity (Wildman–Crippen MR) is 236 cm³/mol. The second-order valence-corrected chi connectivity index (χ2v) is 17.4. The highest BCUT2D eigenvalue weighted by molar-refractivity contribution is 5.93. The van der Waals surface area contributed by atoms with E-state index in [0.29, 0.717) is 52.4 Å². The van der Waals surface area contributed by atoms with E-state index >= 15 is 0 Å². The van der Waals surface area contributed by atoms with Crippen LogP contribution in [0.2, 0.25) is 0 Å². The van der Waals surface area contributed by atoms with Crippen LogP contribution in [0, 0.1) is 11.8 Å². The minimum Gasteiger partial charge on any atom is -0.453 e. The number of methoxy groups -OCH3 is 1. The Morgan fingerprint density at radius 3 is 1.65 bits per heavy atom. The molecule has 0 aliphatic carbocycles. The number of amides is 3. The summed E-state index contributed by atoms with van der Waals surface area (Å²) in [5.41, 5.74) is 14.4. The summed E-state index contributed by atoms with van der Waals surface area (Å²) in [6.45, 7) is 3.75. The van der Waals surface area contributed by atoms with Crippen molar-refractivity contribution in [2.75, 3.05) is 46.6 Å². The number of alkyl carbamates (subject to hydrolysis) is 1. The number of nitrogens with zero attached hydrogens (tertiary/aromatic N) is 4. The molecule has 4 aliphatic heterocycles. The van der Waals surface area contributed by atoms with Crippen molar-refractivity contribution in [3.05, 3.63) is 84.4 Å². The van der Waals surface area contributed by atoms with Crippen LogP contribution in [0.25, 0.3) is 55.1 Å². The Balaban J connectivity index is 0.849. The normalized spacial score (nSPS) is 21.2. The highest BCUT2D eigenvalue weighted by atomic mass is 16.5. The molecule has 6 aromatic rings. The summed E-state index contributed by atoms with van der Waals surface area (Å²) in [4.78, 5) is 60.8. The first-order valence-electron chi connectivity index (χ1n) is 22.2. The first-order chi connectivity index (χ1) is 30.3.